The molecule has 0 aliphatic carbocycles. The smallest absolute Gasteiger partial charge is 0.119 e. The first kappa shape index (κ1) is 15.5. The van der Waals surface area contributed by atoms with Crippen molar-refractivity contribution < 1.29 is 4.74 Å². The van der Waals surface area contributed by atoms with Crippen LogP contribution in [0, 0.1) is 6.92 Å². The van der Waals surface area contributed by atoms with Gasteiger partial charge in [-0.05, 0) is 60.7 Å². The lowest BCUT2D eigenvalue weighted by atomic mass is 10.0. The number of thiophene rings is 1. The number of hydrogen-bond donors (Lipinski definition) is 1. The highest BCUT2D eigenvalue weighted by molar-refractivity contribution is 9.10. The minimum atomic E-state index is 0.350. The molecule has 0 amide bonds. The third-order valence-electron chi connectivity index (χ3n) is 3.35. The number of ether oxygens (including phenoxy) is 1. The maximum atomic E-state index is 5.33. The van der Waals surface area contributed by atoms with Crippen molar-refractivity contribution in [3.63, 3.8) is 0 Å². The van der Waals surface area contributed by atoms with Gasteiger partial charge in [0.15, 0.2) is 0 Å². The number of hydrogen-bond acceptors (Lipinski definition) is 3. The highest BCUT2D eigenvalue weighted by atomic mass is 79.9. The SMILES string of the molecule is CCNC(Cc1cc(OC)ccc1Br)c1sccc1C. The number of rotatable bonds is 6. The molecule has 1 atom stereocenters. The second-order valence-corrected chi connectivity index (χ2v) is 6.54. The van der Waals surface area contributed by atoms with Crippen LogP contribution in [-0.4, -0.2) is 13.7 Å². The van der Waals surface area contributed by atoms with E-state index in [-0.39, 0.29) is 0 Å². The van der Waals surface area contributed by atoms with Crippen molar-refractivity contribution in [1.82, 2.24) is 5.32 Å². The fourth-order valence-electron chi connectivity index (χ4n) is 2.30. The van der Waals surface area contributed by atoms with Crippen LogP contribution in [0.15, 0.2) is 34.1 Å². The Balaban J connectivity index is 2.26. The number of nitrogens with one attached hydrogen (secondary N) is 1. The molecule has 0 spiro atoms. The van der Waals surface area contributed by atoms with Gasteiger partial charge in [0.05, 0.1) is 7.11 Å². The molecule has 0 saturated heterocycles. The van der Waals surface area contributed by atoms with Gasteiger partial charge in [0.25, 0.3) is 0 Å². The summed E-state index contributed by atoms with van der Waals surface area (Å²) in [5.74, 6) is 0.904. The molecule has 0 aliphatic rings. The van der Waals surface area contributed by atoms with Gasteiger partial charge in [0.2, 0.25) is 0 Å². The molecule has 0 bridgehead atoms. The molecule has 108 valence electrons. The van der Waals surface area contributed by atoms with E-state index in [4.69, 9.17) is 4.74 Å². The summed E-state index contributed by atoms with van der Waals surface area (Å²) in [6.45, 7) is 5.29. The van der Waals surface area contributed by atoms with Crippen LogP contribution < -0.4 is 10.1 Å². The van der Waals surface area contributed by atoms with E-state index >= 15 is 0 Å². The molecule has 0 radical (unpaired) electrons. The molecular formula is C16H20BrNOS. The fourth-order valence-corrected chi connectivity index (χ4v) is 3.71. The molecule has 2 rings (SSSR count). The molecule has 2 nitrogen and oxygen atoms in total. The van der Waals surface area contributed by atoms with Crippen LogP contribution in [-0.2, 0) is 6.42 Å². The van der Waals surface area contributed by atoms with Gasteiger partial charge >= 0.3 is 0 Å². The molecule has 4 heteroatoms. The zero-order chi connectivity index (χ0) is 14.5. The van der Waals surface area contributed by atoms with E-state index in [0.717, 1.165) is 23.2 Å². The van der Waals surface area contributed by atoms with Crippen LogP contribution in [0.4, 0.5) is 0 Å². The Morgan fingerprint density at radius 2 is 2.15 bits per heavy atom. The summed E-state index contributed by atoms with van der Waals surface area (Å²) in [5.41, 5.74) is 2.63. The summed E-state index contributed by atoms with van der Waals surface area (Å²) < 4.78 is 6.46. The van der Waals surface area contributed by atoms with E-state index in [9.17, 15) is 0 Å². The second-order valence-electron chi connectivity index (χ2n) is 4.74. The highest BCUT2D eigenvalue weighted by Crippen LogP contribution is 2.31. The zero-order valence-electron chi connectivity index (χ0n) is 12.1. The second kappa shape index (κ2) is 7.25. The molecule has 1 unspecified atom stereocenters. The zero-order valence-corrected chi connectivity index (χ0v) is 14.5. The number of benzene rings is 1. The Labute approximate surface area is 133 Å². The normalized spacial score (nSPS) is 12.4. The number of aryl methyl sites for hydroxylation is 1. The Morgan fingerprint density at radius 1 is 1.35 bits per heavy atom. The number of likely N-dealkylation sites (N-methyl/N-ethyl adjacent to an activating group) is 1. The Hall–Kier alpha value is -0.840. The van der Waals surface area contributed by atoms with Crippen LogP contribution >= 0.6 is 27.3 Å². The molecule has 1 aromatic carbocycles. The number of methoxy groups -OCH3 is 1. The Kier molecular flexibility index (Phi) is 5.64. The molecular weight excluding hydrogens is 334 g/mol. The maximum Gasteiger partial charge on any atom is 0.119 e. The van der Waals surface area contributed by atoms with E-state index in [0.29, 0.717) is 6.04 Å². The molecule has 0 aliphatic heterocycles. The Morgan fingerprint density at radius 3 is 2.75 bits per heavy atom. The van der Waals surface area contributed by atoms with Crippen LogP contribution in [0.5, 0.6) is 5.75 Å². The minimum Gasteiger partial charge on any atom is -0.497 e. The van der Waals surface area contributed by atoms with Crippen molar-refractivity contribution in [2.45, 2.75) is 26.3 Å². The predicted octanol–water partition coefficient (Wildman–Crippen LogP) is 4.72. The van der Waals surface area contributed by atoms with Gasteiger partial charge in [-0.25, -0.2) is 0 Å². The van der Waals surface area contributed by atoms with Crippen LogP contribution in [0.1, 0.15) is 29.0 Å². The molecule has 0 fully saturated rings. The van der Waals surface area contributed by atoms with E-state index in [1.165, 1.54) is 16.0 Å². The molecule has 1 heterocycles. The fraction of sp³-hybridized carbons (Fsp3) is 0.375. The standard InChI is InChI=1S/C16H20BrNOS/c1-4-18-15(16-11(2)7-8-20-16)10-12-9-13(19-3)5-6-14(12)17/h5-9,15,18H,4,10H2,1-3H3. The quantitative estimate of drug-likeness (QED) is 0.810. The van der Waals surface area contributed by atoms with Crippen molar-refractivity contribution in [2.24, 2.45) is 0 Å². The molecule has 2 aromatic rings. The molecule has 20 heavy (non-hydrogen) atoms. The van der Waals surface area contributed by atoms with E-state index in [1.54, 1.807) is 7.11 Å². The van der Waals surface area contributed by atoms with Gasteiger partial charge in [-0.1, -0.05) is 22.9 Å². The average Bonchev–Trinajstić information content (AvgIpc) is 2.86. The lowest BCUT2D eigenvalue weighted by molar-refractivity contribution is 0.413. The third-order valence-corrected chi connectivity index (χ3v) is 5.25. The lowest BCUT2D eigenvalue weighted by Crippen LogP contribution is -2.22. The van der Waals surface area contributed by atoms with Gasteiger partial charge in [0, 0.05) is 15.4 Å². The predicted molar refractivity (Wildman–Crippen MR) is 89.9 cm³/mol. The summed E-state index contributed by atoms with van der Waals surface area (Å²) in [7, 11) is 1.71. The highest BCUT2D eigenvalue weighted by Gasteiger charge is 2.16. The lowest BCUT2D eigenvalue weighted by Gasteiger charge is -2.19. The summed E-state index contributed by atoms with van der Waals surface area (Å²) in [4.78, 5) is 1.42. The Bertz CT molecular complexity index is 567. The van der Waals surface area contributed by atoms with Gasteiger partial charge in [-0.2, -0.15) is 0 Å². The first-order chi connectivity index (χ1) is 9.65. The van der Waals surface area contributed by atoms with Crippen molar-refractivity contribution in [3.05, 3.63) is 50.1 Å². The summed E-state index contributed by atoms with van der Waals surface area (Å²) in [6, 6.07) is 8.68. The third kappa shape index (κ3) is 3.62. The summed E-state index contributed by atoms with van der Waals surface area (Å²) >= 11 is 5.46. The van der Waals surface area contributed by atoms with Crippen molar-refractivity contribution in [1.29, 1.82) is 0 Å². The van der Waals surface area contributed by atoms with Crippen LogP contribution in [0.2, 0.25) is 0 Å². The van der Waals surface area contributed by atoms with Crippen LogP contribution in [0.3, 0.4) is 0 Å². The van der Waals surface area contributed by atoms with Crippen LogP contribution in [0.25, 0.3) is 0 Å². The van der Waals surface area contributed by atoms with Gasteiger partial charge in [0.1, 0.15) is 5.75 Å². The summed E-state index contributed by atoms with van der Waals surface area (Å²) in [6.07, 6.45) is 0.951. The monoisotopic (exact) mass is 353 g/mol. The molecule has 0 saturated carbocycles. The van der Waals surface area contributed by atoms with Gasteiger partial charge in [-0.3, -0.25) is 0 Å². The largest absolute Gasteiger partial charge is 0.497 e. The first-order valence-corrected chi connectivity index (χ1v) is 8.42. The van der Waals surface area contributed by atoms with Crippen molar-refractivity contribution >= 4 is 27.3 Å². The summed E-state index contributed by atoms with van der Waals surface area (Å²) in [5, 5.41) is 5.75. The molecule has 1 N–H and O–H groups in total. The van der Waals surface area contributed by atoms with Gasteiger partial charge < -0.3 is 10.1 Å². The van der Waals surface area contributed by atoms with Crippen molar-refractivity contribution in [3.8, 4) is 5.75 Å². The topological polar surface area (TPSA) is 21.3 Å². The van der Waals surface area contributed by atoms with Crippen molar-refractivity contribution in [2.75, 3.05) is 13.7 Å². The van der Waals surface area contributed by atoms with E-state index in [2.05, 4.69) is 58.7 Å². The molecule has 1 aromatic heterocycles. The van der Waals surface area contributed by atoms with E-state index in [1.807, 2.05) is 17.4 Å². The minimum absolute atomic E-state index is 0.350. The van der Waals surface area contributed by atoms with E-state index < -0.39 is 0 Å². The maximum absolute atomic E-state index is 5.33. The first-order valence-electron chi connectivity index (χ1n) is 6.75. The number of halogens is 1. The average molecular weight is 354 g/mol. The van der Waals surface area contributed by atoms with Gasteiger partial charge in [-0.15, -0.1) is 11.3 Å².